The number of amides is 2. The monoisotopic (exact) mass is 432 g/mol. The first-order valence-corrected chi connectivity index (χ1v) is 10.9. The summed E-state index contributed by atoms with van der Waals surface area (Å²) in [6.45, 7) is 5.28. The zero-order chi connectivity index (χ0) is 22.6. The van der Waals surface area contributed by atoms with Gasteiger partial charge in [0.25, 0.3) is 0 Å². The van der Waals surface area contributed by atoms with E-state index in [0.717, 1.165) is 13.0 Å². The van der Waals surface area contributed by atoms with Gasteiger partial charge in [-0.3, -0.25) is 9.59 Å². The normalized spacial score (nSPS) is 24.5. The number of nitrogens with one attached hydrogen (secondary N) is 1. The molecular formula is C23H33FN4O3. The Morgan fingerprint density at radius 1 is 1.42 bits per heavy atom. The Hall–Kier alpha value is -2.48. The predicted octanol–water partition coefficient (Wildman–Crippen LogP) is 2.40. The molecule has 0 saturated carbocycles. The highest BCUT2D eigenvalue weighted by atomic mass is 19.1. The van der Waals surface area contributed by atoms with Crippen LogP contribution in [-0.4, -0.2) is 73.2 Å². The Balaban J connectivity index is 1.74. The number of oxime groups is 1. The van der Waals surface area contributed by atoms with Crippen molar-refractivity contribution in [2.75, 3.05) is 33.7 Å². The minimum absolute atomic E-state index is 0.0179. The van der Waals surface area contributed by atoms with Crippen LogP contribution in [0, 0.1) is 11.2 Å². The minimum Gasteiger partial charge on any atom is -0.392 e. The molecule has 1 aromatic carbocycles. The van der Waals surface area contributed by atoms with E-state index in [4.69, 9.17) is 4.84 Å². The Kier molecular flexibility index (Phi) is 7.30. The number of likely N-dealkylation sites (N-methyl/N-ethyl adjacent to an activating group) is 1. The Labute approximate surface area is 183 Å². The van der Waals surface area contributed by atoms with Crippen molar-refractivity contribution in [1.82, 2.24) is 15.1 Å². The molecule has 2 heterocycles. The molecule has 3 atom stereocenters. The van der Waals surface area contributed by atoms with Gasteiger partial charge in [-0.1, -0.05) is 17.3 Å². The van der Waals surface area contributed by atoms with E-state index in [-0.39, 0.29) is 29.8 Å². The lowest BCUT2D eigenvalue weighted by atomic mass is 9.73. The fraction of sp³-hybridized carbons (Fsp3) is 0.609. The second kappa shape index (κ2) is 9.77. The highest BCUT2D eigenvalue weighted by Gasteiger charge is 2.46. The molecule has 0 bridgehead atoms. The summed E-state index contributed by atoms with van der Waals surface area (Å²) in [4.78, 5) is 35.0. The van der Waals surface area contributed by atoms with E-state index in [1.165, 1.54) is 12.1 Å². The number of halogens is 1. The molecule has 31 heavy (non-hydrogen) atoms. The number of hydrogen-bond donors (Lipinski definition) is 1. The van der Waals surface area contributed by atoms with Crippen molar-refractivity contribution in [3.63, 3.8) is 0 Å². The predicted molar refractivity (Wildman–Crippen MR) is 117 cm³/mol. The molecule has 1 aromatic rings. The van der Waals surface area contributed by atoms with Crippen LogP contribution in [0.1, 0.15) is 45.1 Å². The lowest BCUT2D eigenvalue weighted by Gasteiger charge is -2.42. The summed E-state index contributed by atoms with van der Waals surface area (Å²) in [7, 11) is 3.93. The third kappa shape index (κ3) is 5.81. The number of nitrogens with zero attached hydrogens (tertiary/aromatic N) is 3. The second-order valence-corrected chi connectivity index (χ2v) is 9.15. The molecule has 1 N–H and O–H groups in total. The van der Waals surface area contributed by atoms with Gasteiger partial charge in [0.05, 0.1) is 11.1 Å². The molecule has 0 aromatic heterocycles. The SMILES string of the molecule is CC(=O)N1CCC[C@](C[C@@H]2CC(c3cccc(F)c3)=NO2)(C(=O)N[C@H](C)CN(C)C)C1. The first kappa shape index (κ1) is 23.2. The second-order valence-electron chi connectivity index (χ2n) is 9.15. The van der Waals surface area contributed by atoms with Crippen molar-refractivity contribution in [1.29, 1.82) is 0 Å². The standard InChI is InChI=1S/C23H33FN4O3/c1-16(14-27(3)4)25-22(30)23(9-6-10-28(15-23)17(2)29)13-20-12-21(26-31-20)18-7-5-8-19(24)11-18/h5,7-8,11,16,20H,6,9-10,12-15H2,1-4H3,(H,25,30)/t16-,20+,23-/m1/s1. The van der Waals surface area contributed by atoms with Gasteiger partial charge in [-0.15, -0.1) is 0 Å². The van der Waals surface area contributed by atoms with E-state index in [0.29, 0.717) is 43.6 Å². The highest BCUT2D eigenvalue weighted by Crippen LogP contribution is 2.38. The van der Waals surface area contributed by atoms with E-state index in [2.05, 4.69) is 10.5 Å². The molecule has 2 aliphatic rings. The van der Waals surface area contributed by atoms with E-state index in [9.17, 15) is 14.0 Å². The van der Waals surface area contributed by atoms with Gasteiger partial charge in [0, 0.05) is 51.0 Å². The number of likely N-dealkylation sites (tertiary alicyclic amines) is 1. The van der Waals surface area contributed by atoms with Crippen LogP contribution in [0.4, 0.5) is 4.39 Å². The van der Waals surface area contributed by atoms with Crippen LogP contribution < -0.4 is 5.32 Å². The molecule has 2 aliphatic heterocycles. The van der Waals surface area contributed by atoms with Crippen molar-refractivity contribution < 1.29 is 18.8 Å². The number of hydrogen-bond acceptors (Lipinski definition) is 5. The van der Waals surface area contributed by atoms with Gasteiger partial charge in [-0.05, 0) is 46.0 Å². The Morgan fingerprint density at radius 2 is 2.19 bits per heavy atom. The van der Waals surface area contributed by atoms with Crippen LogP contribution in [-0.2, 0) is 14.4 Å². The zero-order valence-corrected chi connectivity index (χ0v) is 18.9. The van der Waals surface area contributed by atoms with Crippen LogP contribution in [0.2, 0.25) is 0 Å². The molecule has 1 saturated heterocycles. The summed E-state index contributed by atoms with van der Waals surface area (Å²) in [5.41, 5.74) is 0.636. The van der Waals surface area contributed by atoms with E-state index < -0.39 is 5.41 Å². The molecule has 7 nitrogen and oxygen atoms in total. The molecule has 0 aliphatic carbocycles. The Bertz CT molecular complexity index is 844. The summed E-state index contributed by atoms with van der Waals surface area (Å²) in [6.07, 6.45) is 2.12. The molecule has 0 spiro atoms. The number of carbonyl (C=O) groups excluding carboxylic acids is 2. The van der Waals surface area contributed by atoms with Crippen LogP contribution in [0.3, 0.4) is 0 Å². The van der Waals surface area contributed by atoms with Gasteiger partial charge in [-0.25, -0.2) is 4.39 Å². The third-order valence-electron chi connectivity index (χ3n) is 6.03. The van der Waals surface area contributed by atoms with Crippen molar-refractivity contribution >= 4 is 17.5 Å². The average Bonchev–Trinajstić information content (AvgIpc) is 3.15. The van der Waals surface area contributed by atoms with Gasteiger partial charge in [-0.2, -0.15) is 0 Å². The molecule has 0 unspecified atom stereocenters. The van der Waals surface area contributed by atoms with Crippen LogP contribution >= 0.6 is 0 Å². The summed E-state index contributed by atoms with van der Waals surface area (Å²) in [5, 5.41) is 7.31. The average molecular weight is 433 g/mol. The summed E-state index contributed by atoms with van der Waals surface area (Å²) in [5.74, 6) is -0.392. The molecule has 170 valence electrons. The minimum atomic E-state index is -0.734. The lowest BCUT2D eigenvalue weighted by Crippen LogP contribution is -2.56. The summed E-state index contributed by atoms with van der Waals surface area (Å²) < 4.78 is 13.6. The van der Waals surface area contributed by atoms with Gasteiger partial charge in [0.1, 0.15) is 11.9 Å². The summed E-state index contributed by atoms with van der Waals surface area (Å²) >= 11 is 0. The zero-order valence-electron chi connectivity index (χ0n) is 18.9. The molecule has 8 heteroatoms. The maximum absolute atomic E-state index is 13.6. The molecule has 3 rings (SSSR count). The fourth-order valence-corrected chi connectivity index (χ4v) is 4.63. The maximum Gasteiger partial charge on any atom is 0.228 e. The highest BCUT2D eigenvalue weighted by molar-refractivity contribution is 6.01. The van der Waals surface area contributed by atoms with Crippen LogP contribution in [0.5, 0.6) is 0 Å². The quantitative estimate of drug-likeness (QED) is 0.718. The summed E-state index contributed by atoms with van der Waals surface area (Å²) in [6, 6.07) is 6.26. The van der Waals surface area contributed by atoms with Crippen LogP contribution in [0.15, 0.2) is 29.4 Å². The first-order valence-electron chi connectivity index (χ1n) is 10.9. The number of carbonyl (C=O) groups is 2. The van der Waals surface area contributed by atoms with E-state index in [1.54, 1.807) is 24.0 Å². The van der Waals surface area contributed by atoms with Gasteiger partial charge in [0.2, 0.25) is 11.8 Å². The smallest absolute Gasteiger partial charge is 0.228 e. The van der Waals surface area contributed by atoms with Crippen LogP contribution in [0.25, 0.3) is 0 Å². The number of piperidine rings is 1. The fourth-order valence-electron chi connectivity index (χ4n) is 4.63. The van der Waals surface area contributed by atoms with E-state index in [1.807, 2.05) is 25.9 Å². The molecule has 2 amide bonds. The third-order valence-corrected chi connectivity index (χ3v) is 6.03. The largest absolute Gasteiger partial charge is 0.392 e. The van der Waals surface area contributed by atoms with Gasteiger partial charge in [0.15, 0.2) is 0 Å². The van der Waals surface area contributed by atoms with Gasteiger partial charge < -0.3 is 20.0 Å². The van der Waals surface area contributed by atoms with Gasteiger partial charge >= 0.3 is 0 Å². The number of rotatable bonds is 7. The molecular weight excluding hydrogens is 399 g/mol. The lowest BCUT2D eigenvalue weighted by molar-refractivity contribution is -0.143. The topological polar surface area (TPSA) is 74.2 Å². The molecule has 1 fully saturated rings. The Morgan fingerprint density at radius 3 is 2.87 bits per heavy atom. The molecule has 0 radical (unpaired) electrons. The van der Waals surface area contributed by atoms with Crippen molar-refractivity contribution in [2.45, 2.75) is 51.7 Å². The maximum atomic E-state index is 13.6. The number of benzene rings is 1. The van der Waals surface area contributed by atoms with Crippen molar-refractivity contribution in [2.24, 2.45) is 10.6 Å². The van der Waals surface area contributed by atoms with Crippen molar-refractivity contribution in [3.8, 4) is 0 Å². The first-order chi connectivity index (χ1) is 14.7. The van der Waals surface area contributed by atoms with Crippen molar-refractivity contribution in [3.05, 3.63) is 35.6 Å². The van der Waals surface area contributed by atoms with E-state index >= 15 is 0 Å².